The molecule has 0 bridgehead atoms. The Labute approximate surface area is 123 Å². The van der Waals surface area contributed by atoms with E-state index in [0.717, 1.165) is 24.3 Å². The number of aliphatic hydroxyl groups excluding tert-OH is 1. The fraction of sp³-hybridized carbons (Fsp3) is 0.500. The second-order valence-electron chi connectivity index (χ2n) is 4.62. The minimum Gasteiger partial charge on any atom is -0.450 e. The maximum atomic E-state index is 11.6. The van der Waals surface area contributed by atoms with Crippen LogP contribution in [0.1, 0.15) is 12.5 Å². The summed E-state index contributed by atoms with van der Waals surface area (Å²) in [5.41, 5.74) is 1.73. The molecule has 1 aliphatic heterocycles. The molecule has 1 amide bonds. The number of halogens is 1. The molecule has 6 heteroatoms. The Bertz CT molecular complexity index is 473. The smallest absolute Gasteiger partial charge is 0.409 e. The number of amides is 1. The Hall–Kier alpha value is -1.46. The van der Waals surface area contributed by atoms with E-state index in [0.29, 0.717) is 24.7 Å². The van der Waals surface area contributed by atoms with E-state index in [4.69, 9.17) is 21.4 Å². The van der Waals surface area contributed by atoms with Crippen molar-refractivity contribution in [2.45, 2.75) is 13.5 Å². The summed E-state index contributed by atoms with van der Waals surface area (Å²) in [6.45, 7) is 4.86. The summed E-state index contributed by atoms with van der Waals surface area (Å²) in [5.74, 6) is 0. The lowest BCUT2D eigenvalue weighted by Gasteiger charge is -2.35. The van der Waals surface area contributed by atoms with Gasteiger partial charge in [0.25, 0.3) is 0 Å². The number of carbonyl (C=O) groups is 1. The highest BCUT2D eigenvalue weighted by Gasteiger charge is 2.23. The van der Waals surface area contributed by atoms with Gasteiger partial charge >= 0.3 is 6.09 Å². The van der Waals surface area contributed by atoms with Crippen molar-refractivity contribution in [2.24, 2.45) is 0 Å². The molecule has 20 heavy (non-hydrogen) atoms. The van der Waals surface area contributed by atoms with Gasteiger partial charge in [-0.15, -0.1) is 0 Å². The van der Waals surface area contributed by atoms with Crippen LogP contribution in [0.2, 0.25) is 5.02 Å². The van der Waals surface area contributed by atoms with E-state index >= 15 is 0 Å². The van der Waals surface area contributed by atoms with Crippen molar-refractivity contribution in [3.63, 3.8) is 0 Å². The number of nitrogens with zero attached hydrogens (tertiary/aromatic N) is 2. The van der Waals surface area contributed by atoms with E-state index in [2.05, 4.69) is 4.90 Å². The van der Waals surface area contributed by atoms with Crippen LogP contribution in [-0.4, -0.2) is 48.9 Å². The molecule has 110 valence electrons. The van der Waals surface area contributed by atoms with E-state index in [1.165, 1.54) is 0 Å². The average molecular weight is 299 g/mol. The van der Waals surface area contributed by atoms with Crippen molar-refractivity contribution in [1.82, 2.24) is 4.90 Å². The van der Waals surface area contributed by atoms with Crippen molar-refractivity contribution in [1.29, 1.82) is 0 Å². The highest BCUT2D eigenvalue weighted by atomic mass is 35.5. The summed E-state index contributed by atoms with van der Waals surface area (Å²) in [7, 11) is 0. The van der Waals surface area contributed by atoms with Crippen molar-refractivity contribution in [3.8, 4) is 0 Å². The van der Waals surface area contributed by atoms with Crippen molar-refractivity contribution in [2.75, 3.05) is 37.7 Å². The van der Waals surface area contributed by atoms with Gasteiger partial charge < -0.3 is 19.6 Å². The van der Waals surface area contributed by atoms with Crippen LogP contribution in [0.25, 0.3) is 0 Å². The van der Waals surface area contributed by atoms with Gasteiger partial charge in [0.15, 0.2) is 0 Å². The zero-order valence-electron chi connectivity index (χ0n) is 11.5. The number of hydrogen-bond donors (Lipinski definition) is 1. The molecular weight excluding hydrogens is 280 g/mol. The van der Waals surface area contributed by atoms with Crippen LogP contribution in [0.5, 0.6) is 0 Å². The lowest BCUT2D eigenvalue weighted by molar-refractivity contribution is 0.105. The SMILES string of the molecule is CCOC(=O)N1CCN(c2ccc(CO)cc2Cl)CC1. The van der Waals surface area contributed by atoms with Crippen LogP contribution >= 0.6 is 11.6 Å². The van der Waals surface area contributed by atoms with Crippen LogP contribution in [0.15, 0.2) is 18.2 Å². The summed E-state index contributed by atoms with van der Waals surface area (Å²) in [5, 5.41) is 9.71. The van der Waals surface area contributed by atoms with E-state index in [-0.39, 0.29) is 12.7 Å². The van der Waals surface area contributed by atoms with Crippen molar-refractivity contribution < 1.29 is 14.6 Å². The molecule has 1 fully saturated rings. The molecule has 0 atom stereocenters. The number of anilines is 1. The predicted molar refractivity (Wildman–Crippen MR) is 78.2 cm³/mol. The highest BCUT2D eigenvalue weighted by Crippen LogP contribution is 2.27. The average Bonchev–Trinajstić information content (AvgIpc) is 2.47. The number of rotatable bonds is 3. The summed E-state index contributed by atoms with van der Waals surface area (Å²) in [4.78, 5) is 15.5. The lowest BCUT2D eigenvalue weighted by Crippen LogP contribution is -2.49. The number of benzene rings is 1. The van der Waals surface area contributed by atoms with Gasteiger partial charge in [0, 0.05) is 26.2 Å². The first-order chi connectivity index (χ1) is 9.65. The molecule has 1 N–H and O–H groups in total. The van der Waals surface area contributed by atoms with Crippen LogP contribution in [0, 0.1) is 0 Å². The van der Waals surface area contributed by atoms with E-state index < -0.39 is 0 Å². The topological polar surface area (TPSA) is 53.0 Å². The molecule has 1 aliphatic rings. The van der Waals surface area contributed by atoms with Crippen molar-refractivity contribution in [3.05, 3.63) is 28.8 Å². The van der Waals surface area contributed by atoms with Crippen LogP contribution < -0.4 is 4.90 Å². The fourth-order valence-corrected chi connectivity index (χ4v) is 2.57. The monoisotopic (exact) mass is 298 g/mol. The Morgan fingerprint density at radius 1 is 1.35 bits per heavy atom. The van der Waals surface area contributed by atoms with Gasteiger partial charge in [0.1, 0.15) is 0 Å². The molecule has 1 aromatic rings. The fourth-order valence-electron chi connectivity index (χ4n) is 2.25. The standard InChI is InChI=1S/C14H19ClN2O3/c1-2-20-14(19)17-7-5-16(6-8-17)13-4-3-11(10-18)9-12(13)15/h3-4,9,18H,2,5-8,10H2,1H3. The van der Waals surface area contributed by atoms with Crippen LogP contribution in [0.4, 0.5) is 10.5 Å². The summed E-state index contributed by atoms with van der Waals surface area (Å²) < 4.78 is 4.99. The second-order valence-corrected chi connectivity index (χ2v) is 5.02. The molecule has 0 saturated carbocycles. The predicted octanol–water partition coefficient (Wildman–Crippen LogP) is 2.11. The number of carbonyl (C=O) groups excluding carboxylic acids is 1. The van der Waals surface area contributed by atoms with E-state index in [9.17, 15) is 4.79 Å². The summed E-state index contributed by atoms with van der Waals surface area (Å²) >= 11 is 6.23. The molecule has 1 aromatic carbocycles. The molecular formula is C14H19ClN2O3. The third-order valence-electron chi connectivity index (χ3n) is 3.34. The van der Waals surface area contributed by atoms with E-state index in [1.54, 1.807) is 17.9 Å². The molecule has 1 saturated heterocycles. The Morgan fingerprint density at radius 3 is 2.60 bits per heavy atom. The van der Waals surface area contributed by atoms with Gasteiger partial charge in [-0.25, -0.2) is 4.79 Å². The first-order valence-corrected chi connectivity index (χ1v) is 7.09. The minimum absolute atomic E-state index is 0.0172. The maximum absolute atomic E-state index is 11.6. The zero-order valence-corrected chi connectivity index (χ0v) is 12.3. The highest BCUT2D eigenvalue weighted by molar-refractivity contribution is 6.33. The molecule has 0 aliphatic carbocycles. The molecule has 1 heterocycles. The van der Waals surface area contributed by atoms with E-state index in [1.807, 2.05) is 12.1 Å². The lowest BCUT2D eigenvalue weighted by atomic mass is 10.2. The van der Waals surface area contributed by atoms with Gasteiger partial charge in [0.2, 0.25) is 0 Å². The van der Waals surface area contributed by atoms with Crippen molar-refractivity contribution >= 4 is 23.4 Å². The summed E-state index contributed by atoms with van der Waals surface area (Å²) in [6, 6.07) is 5.54. The normalized spacial score (nSPS) is 15.3. The molecule has 0 unspecified atom stereocenters. The number of aliphatic hydroxyl groups is 1. The third kappa shape index (κ3) is 3.35. The Balaban J connectivity index is 1.98. The quantitative estimate of drug-likeness (QED) is 0.928. The Kier molecular flexibility index (Phi) is 5.09. The first-order valence-electron chi connectivity index (χ1n) is 6.71. The minimum atomic E-state index is -0.256. The maximum Gasteiger partial charge on any atom is 0.409 e. The third-order valence-corrected chi connectivity index (χ3v) is 3.64. The number of hydrogen-bond acceptors (Lipinski definition) is 4. The molecule has 0 spiro atoms. The number of ether oxygens (including phenoxy) is 1. The van der Waals surface area contributed by atoms with Gasteiger partial charge in [-0.05, 0) is 24.6 Å². The van der Waals surface area contributed by atoms with Gasteiger partial charge in [-0.3, -0.25) is 0 Å². The first kappa shape index (κ1) is 14.9. The van der Waals surface area contributed by atoms with Crippen LogP contribution in [-0.2, 0) is 11.3 Å². The van der Waals surface area contributed by atoms with Gasteiger partial charge in [-0.2, -0.15) is 0 Å². The molecule has 0 radical (unpaired) electrons. The molecule has 5 nitrogen and oxygen atoms in total. The molecule has 2 rings (SSSR count). The van der Waals surface area contributed by atoms with Gasteiger partial charge in [0.05, 0.1) is 23.9 Å². The van der Waals surface area contributed by atoms with Gasteiger partial charge in [-0.1, -0.05) is 17.7 Å². The molecule has 0 aromatic heterocycles. The summed E-state index contributed by atoms with van der Waals surface area (Å²) in [6.07, 6.45) is -0.256. The second kappa shape index (κ2) is 6.81. The van der Waals surface area contributed by atoms with Crippen LogP contribution in [0.3, 0.4) is 0 Å². The largest absolute Gasteiger partial charge is 0.450 e. The number of piperazine rings is 1. The Morgan fingerprint density at radius 2 is 2.05 bits per heavy atom. The zero-order chi connectivity index (χ0) is 14.5.